The molecule has 98 valence electrons. The summed E-state index contributed by atoms with van der Waals surface area (Å²) in [7, 11) is 0. The highest BCUT2D eigenvalue weighted by molar-refractivity contribution is 5.78. The molecule has 2 fully saturated rings. The van der Waals surface area contributed by atoms with E-state index in [2.05, 4.69) is 10.2 Å². The molecule has 0 atom stereocenters. The van der Waals surface area contributed by atoms with E-state index in [4.69, 9.17) is 4.74 Å². The average Bonchev–Trinajstić information content (AvgIpc) is 2.26. The molecule has 0 saturated carbocycles. The number of amides is 1. The highest BCUT2D eigenvalue weighted by Gasteiger charge is 2.34. The number of piperazine rings is 1. The SMILES string of the molecule is CC(C)OCC(=O)N1CC(N2CCNCC2)C1. The summed E-state index contributed by atoms with van der Waals surface area (Å²) in [5.41, 5.74) is 0. The zero-order valence-corrected chi connectivity index (χ0v) is 10.8. The normalized spacial score (nSPS) is 22.9. The summed E-state index contributed by atoms with van der Waals surface area (Å²) < 4.78 is 5.33. The van der Waals surface area contributed by atoms with E-state index in [9.17, 15) is 4.79 Å². The summed E-state index contributed by atoms with van der Waals surface area (Å²) in [5.74, 6) is 0.130. The lowest BCUT2D eigenvalue weighted by Gasteiger charge is -2.46. The van der Waals surface area contributed by atoms with Crippen LogP contribution >= 0.6 is 0 Å². The van der Waals surface area contributed by atoms with Crippen molar-refractivity contribution >= 4 is 5.91 Å². The molecule has 1 N–H and O–H groups in total. The van der Waals surface area contributed by atoms with Gasteiger partial charge in [0.2, 0.25) is 5.91 Å². The van der Waals surface area contributed by atoms with E-state index in [0.717, 1.165) is 39.3 Å². The molecule has 0 aromatic rings. The fourth-order valence-corrected chi connectivity index (χ4v) is 2.27. The van der Waals surface area contributed by atoms with Gasteiger partial charge in [0.15, 0.2) is 0 Å². The van der Waals surface area contributed by atoms with Crippen LogP contribution in [0.5, 0.6) is 0 Å². The van der Waals surface area contributed by atoms with Crippen LogP contribution in [0.25, 0.3) is 0 Å². The van der Waals surface area contributed by atoms with Crippen molar-refractivity contribution < 1.29 is 9.53 Å². The minimum Gasteiger partial charge on any atom is -0.369 e. The van der Waals surface area contributed by atoms with Crippen LogP contribution in [0, 0.1) is 0 Å². The fourth-order valence-electron chi connectivity index (χ4n) is 2.27. The Balaban J connectivity index is 1.65. The first-order chi connectivity index (χ1) is 8.16. The summed E-state index contributed by atoms with van der Waals surface area (Å²) in [6.45, 7) is 10.2. The van der Waals surface area contributed by atoms with Crippen LogP contribution in [0.3, 0.4) is 0 Å². The number of carbonyl (C=O) groups excluding carboxylic acids is 1. The molecule has 17 heavy (non-hydrogen) atoms. The van der Waals surface area contributed by atoms with Gasteiger partial charge in [0, 0.05) is 45.3 Å². The maximum Gasteiger partial charge on any atom is 0.248 e. The van der Waals surface area contributed by atoms with E-state index in [0.29, 0.717) is 6.04 Å². The molecule has 5 nitrogen and oxygen atoms in total. The Morgan fingerprint density at radius 2 is 2.00 bits per heavy atom. The van der Waals surface area contributed by atoms with Crippen LogP contribution in [0.15, 0.2) is 0 Å². The van der Waals surface area contributed by atoms with Gasteiger partial charge in [-0.05, 0) is 13.8 Å². The Morgan fingerprint density at radius 3 is 2.59 bits per heavy atom. The monoisotopic (exact) mass is 241 g/mol. The van der Waals surface area contributed by atoms with Gasteiger partial charge < -0.3 is 15.0 Å². The van der Waals surface area contributed by atoms with Gasteiger partial charge in [-0.25, -0.2) is 0 Å². The Bertz CT molecular complexity index is 258. The van der Waals surface area contributed by atoms with Crippen LogP contribution in [0.1, 0.15) is 13.8 Å². The molecule has 0 unspecified atom stereocenters. The number of likely N-dealkylation sites (tertiary alicyclic amines) is 1. The molecule has 0 aromatic heterocycles. The second-order valence-electron chi connectivity index (χ2n) is 5.10. The highest BCUT2D eigenvalue weighted by Crippen LogP contribution is 2.15. The highest BCUT2D eigenvalue weighted by atomic mass is 16.5. The molecule has 2 saturated heterocycles. The Labute approximate surface area is 103 Å². The van der Waals surface area contributed by atoms with Crippen molar-refractivity contribution in [1.29, 1.82) is 0 Å². The predicted octanol–water partition coefficient (Wildman–Crippen LogP) is -0.473. The third-order valence-electron chi connectivity index (χ3n) is 3.42. The molecule has 0 aromatic carbocycles. The molecule has 5 heteroatoms. The van der Waals surface area contributed by atoms with Crippen molar-refractivity contribution in [1.82, 2.24) is 15.1 Å². The molecule has 0 spiro atoms. The third kappa shape index (κ3) is 3.40. The minimum atomic E-state index is 0.129. The van der Waals surface area contributed by atoms with Gasteiger partial charge in [0.25, 0.3) is 0 Å². The molecule has 2 aliphatic heterocycles. The minimum absolute atomic E-state index is 0.129. The molecule has 2 aliphatic rings. The number of nitrogens with zero attached hydrogens (tertiary/aromatic N) is 2. The second-order valence-corrected chi connectivity index (χ2v) is 5.10. The summed E-state index contributed by atoms with van der Waals surface area (Å²) in [5, 5.41) is 3.34. The van der Waals surface area contributed by atoms with Gasteiger partial charge in [0.1, 0.15) is 6.61 Å². The molecule has 0 bridgehead atoms. The van der Waals surface area contributed by atoms with Crippen LogP contribution in [0.2, 0.25) is 0 Å². The van der Waals surface area contributed by atoms with Gasteiger partial charge in [-0.2, -0.15) is 0 Å². The summed E-state index contributed by atoms with van der Waals surface area (Å²) >= 11 is 0. The lowest BCUT2D eigenvalue weighted by molar-refractivity contribution is -0.145. The Kier molecular flexibility index (Phi) is 4.36. The topological polar surface area (TPSA) is 44.8 Å². The van der Waals surface area contributed by atoms with Crippen molar-refractivity contribution in [2.24, 2.45) is 0 Å². The van der Waals surface area contributed by atoms with Crippen LogP contribution < -0.4 is 5.32 Å². The van der Waals surface area contributed by atoms with Crippen molar-refractivity contribution in [3.8, 4) is 0 Å². The largest absolute Gasteiger partial charge is 0.369 e. The van der Waals surface area contributed by atoms with E-state index < -0.39 is 0 Å². The van der Waals surface area contributed by atoms with E-state index in [1.165, 1.54) is 0 Å². The number of rotatable bonds is 4. The lowest BCUT2D eigenvalue weighted by atomic mass is 10.1. The van der Waals surface area contributed by atoms with Crippen molar-refractivity contribution in [3.05, 3.63) is 0 Å². The molecule has 2 heterocycles. The van der Waals surface area contributed by atoms with Crippen molar-refractivity contribution in [2.75, 3.05) is 45.9 Å². The Morgan fingerprint density at radius 1 is 1.35 bits per heavy atom. The lowest BCUT2D eigenvalue weighted by Crippen LogP contribution is -2.64. The molecule has 0 radical (unpaired) electrons. The quantitative estimate of drug-likeness (QED) is 0.722. The summed E-state index contributed by atoms with van der Waals surface area (Å²) in [6.07, 6.45) is 0.129. The Hall–Kier alpha value is -0.650. The van der Waals surface area contributed by atoms with E-state index in [1.54, 1.807) is 0 Å². The van der Waals surface area contributed by atoms with Gasteiger partial charge in [-0.15, -0.1) is 0 Å². The van der Waals surface area contributed by atoms with Crippen molar-refractivity contribution in [3.63, 3.8) is 0 Å². The van der Waals surface area contributed by atoms with E-state index in [1.807, 2.05) is 18.7 Å². The smallest absolute Gasteiger partial charge is 0.248 e. The van der Waals surface area contributed by atoms with Crippen LogP contribution in [-0.2, 0) is 9.53 Å². The maximum atomic E-state index is 11.7. The van der Waals surface area contributed by atoms with E-state index in [-0.39, 0.29) is 18.6 Å². The van der Waals surface area contributed by atoms with Gasteiger partial charge >= 0.3 is 0 Å². The third-order valence-corrected chi connectivity index (χ3v) is 3.42. The molecular weight excluding hydrogens is 218 g/mol. The van der Waals surface area contributed by atoms with Crippen LogP contribution in [0.4, 0.5) is 0 Å². The number of carbonyl (C=O) groups is 1. The fraction of sp³-hybridized carbons (Fsp3) is 0.917. The molecule has 0 aliphatic carbocycles. The standard InChI is InChI=1S/C12H23N3O2/c1-10(2)17-9-12(16)15-7-11(8-15)14-5-3-13-4-6-14/h10-11,13H,3-9H2,1-2H3. The second kappa shape index (κ2) is 5.80. The first-order valence-corrected chi connectivity index (χ1v) is 6.51. The van der Waals surface area contributed by atoms with Gasteiger partial charge in [0.05, 0.1) is 6.10 Å². The number of hydrogen-bond donors (Lipinski definition) is 1. The van der Waals surface area contributed by atoms with Gasteiger partial charge in [-0.3, -0.25) is 9.69 Å². The zero-order chi connectivity index (χ0) is 12.3. The maximum absolute atomic E-state index is 11.7. The molecular formula is C12H23N3O2. The van der Waals surface area contributed by atoms with E-state index >= 15 is 0 Å². The number of ether oxygens (including phenoxy) is 1. The molecule has 1 amide bonds. The summed E-state index contributed by atoms with van der Waals surface area (Å²) in [6, 6.07) is 0.570. The van der Waals surface area contributed by atoms with Gasteiger partial charge in [-0.1, -0.05) is 0 Å². The van der Waals surface area contributed by atoms with Crippen LogP contribution in [-0.4, -0.2) is 73.7 Å². The average molecular weight is 241 g/mol. The number of nitrogens with one attached hydrogen (secondary N) is 1. The first kappa shape index (κ1) is 12.8. The van der Waals surface area contributed by atoms with Crippen molar-refractivity contribution in [2.45, 2.75) is 26.0 Å². The molecule has 2 rings (SSSR count). The first-order valence-electron chi connectivity index (χ1n) is 6.51. The predicted molar refractivity (Wildman–Crippen MR) is 65.9 cm³/mol. The zero-order valence-electron chi connectivity index (χ0n) is 10.8. The number of hydrogen-bond acceptors (Lipinski definition) is 4. The summed E-state index contributed by atoms with van der Waals surface area (Å²) in [4.78, 5) is 16.1.